The Morgan fingerprint density at radius 3 is 2.00 bits per heavy atom. The third-order valence-electron chi connectivity index (χ3n) is 5.25. The van der Waals surface area contributed by atoms with E-state index in [0.29, 0.717) is 5.92 Å². The molecular weight excluding hydrogens is 323 g/mol. The highest BCUT2D eigenvalue weighted by Gasteiger charge is 2.48. The van der Waals surface area contributed by atoms with E-state index in [-0.39, 0.29) is 0 Å². The van der Waals surface area contributed by atoms with E-state index in [1.54, 1.807) is 0 Å². The van der Waals surface area contributed by atoms with Crippen LogP contribution in [0.15, 0.2) is 90.2 Å². The van der Waals surface area contributed by atoms with Gasteiger partial charge in [-0.3, -0.25) is 0 Å². The molecule has 2 heteroatoms. The van der Waals surface area contributed by atoms with Gasteiger partial charge in [0.25, 0.3) is 0 Å². The molecule has 0 saturated heterocycles. The number of hydrogen-bond acceptors (Lipinski definition) is 1. The average Bonchev–Trinajstić information content (AvgIpc) is 3.48. The van der Waals surface area contributed by atoms with Crippen molar-refractivity contribution in [1.29, 1.82) is 0 Å². The lowest BCUT2D eigenvalue weighted by atomic mass is 9.97. The molecule has 0 spiro atoms. The summed E-state index contributed by atoms with van der Waals surface area (Å²) in [7, 11) is -2.76. The van der Waals surface area contributed by atoms with Gasteiger partial charge in [-0.1, -0.05) is 84.9 Å². The van der Waals surface area contributed by atoms with Crippen molar-refractivity contribution in [2.45, 2.75) is 12.8 Å². The maximum absolute atomic E-state index is 14.6. The SMILES string of the molecule is O=P1(c2ccccc2)C(C2CC2)=C(c2ccccc2)c2ccccc21. The molecule has 5 rings (SSSR count). The van der Waals surface area contributed by atoms with E-state index in [1.165, 1.54) is 16.5 Å². The van der Waals surface area contributed by atoms with Gasteiger partial charge in [0.05, 0.1) is 0 Å². The molecule has 0 radical (unpaired) electrons. The van der Waals surface area contributed by atoms with E-state index in [0.717, 1.165) is 29.0 Å². The third-order valence-corrected chi connectivity index (χ3v) is 8.62. The fraction of sp³-hybridized carbons (Fsp3) is 0.130. The molecule has 25 heavy (non-hydrogen) atoms. The van der Waals surface area contributed by atoms with Crippen LogP contribution in [0.1, 0.15) is 24.0 Å². The Balaban J connectivity index is 1.88. The van der Waals surface area contributed by atoms with Crippen molar-refractivity contribution in [3.8, 4) is 0 Å². The molecule has 1 fully saturated rings. The fourth-order valence-electron chi connectivity index (χ4n) is 4.03. The molecule has 0 aromatic heterocycles. The summed E-state index contributed by atoms with van der Waals surface area (Å²) in [5, 5.41) is 3.17. The molecule has 122 valence electrons. The largest absolute Gasteiger partial charge is 0.309 e. The Morgan fingerprint density at radius 1 is 0.720 bits per heavy atom. The van der Waals surface area contributed by atoms with Crippen LogP contribution in [0.4, 0.5) is 0 Å². The zero-order valence-electron chi connectivity index (χ0n) is 13.9. The van der Waals surface area contributed by atoms with Crippen molar-refractivity contribution in [3.05, 3.63) is 101 Å². The molecule has 1 saturated carbocycles. The van der Waals surface area contributed by atoms with Crippen molar-refractivity contribution >= 4 is 23.3 Å². The minimum absolute atomic E-state index is 0.452. The quantitative estimate of drug-likeness (QED) is 0.599. The van der Waals surface area contributed by atoms with E-state index >= 15 is 0 Å². The monoisotopic (exact) mass is 342 g/mol. The summed E-state index contributed by atoms with van der Waals surface area (Å²) in [5.41, 5.74) is 3.55. The van der Waals surface area contributed by atoms with Crippen LogP contribution in [-0.4, -0.2) is 0 Å². The topological polar surface area (TPSA) is 17.1 Å². The first-order chi connectivity index (χ1) is 12.3. The second kappa shape index (κ2) is 5.58. The number of benzene rings is 3. The van der Waals surface area contributed by atoms with Crippen LogP contribution < -0.4 is 10.6 Å². The summed E-state index contributed by atoms with van der Waals surface area (Å²) < 4.78 is 14.6. The first kappa shape index (κ1) is 14.9. The minimum atomic E-state index is -2.76. The molecule has 1 atom stereocenters. The Labute approximate surface area is 148 Å². The summed E-state index contributed by atoms with van der Waals surface area (Å²) in [5.74, 6) is 0.452. The molecule has 1 nitrogen and oxygen atoms in total. The Kier molecular flexibility index (Phi) is 3.33. The molecule has 1 unspecified atom stereocenters. The van der Waals surface area contributed by atoms with Gasteiger partial charge in [-0.05, 0) is 35.5 Å². The van der Waals surface area contributed by atoms with E-state index in [1.807, 2.05) is 42.5 Å². The van der Waals surface area contributed by atoms with Gasteiger partial charge in [-0.15, -0.1) is 0 Å². The maximum Gasteiger partial charge on any atom is 0.168 e. The highest BCUT2D eigenvalue weighted by molar-refractivity contribution is 7.83. The van der Waals surface area contributed by atoms with Gasteiger partial charge in [0.2, 0.25) is 0 Å². The average molecular weight is 342 g/mol. The van der Waals surface area contributed by atoms with Crippen LogP contribution in [0, 0.1) is 5.92 Å². The smallest absolute Gasteiger partial charge is 0.168 e. The maximum atomic E-state index is 14.6. The van der Waals surface area contributed by atoms with Crippen LogP contribution >= 0.6 is 7.14 Å². The van der Waals surface area contributed by atoms with Gasteiger partial charge in [0, 0.05) is 15.9 Å². The second-order valence-electron chi connectivity index (χ2n) is 6.86. The molecule has 1 heterocycles. The van der Waals surface area contributed by atoms with Crippen molar-refractivity contribution < 1.29 is 4.57 Å². The molecule has 0 bridgehead atoms. The van der Waals surface area contributed by atoms with Crippen molar-refractivity contribution in [3.63, 3.8) is 0 Å². The van der Waals surface area contributed by atoms with Crippen molar-refractivity contribution in [1.82, 2.24) is 0 Å². The van der Waals surface area contributed by atoms with Crippen LogP contribution in [0.3, 0.4) is 0 Å². The lowest BCUT2D eigenvalue weighted by molar-refractivity contribution is 0.589. The Hall–Kier alpha value is -2.37. The van der Waals surface area contributed by atoms with Gasteiger partial charge in [-0.2, -0.15) is 0 Å². The van der Waals surface area contributed by atoms with Gasteiger partial charge >= 0.3 is 0 Å². The highest BCUT2D eigenvalue weighted by Crippen LogP contribution is 2.67. The number of rotatable bonds is 3. The van der Waals surface area contributed by atoms with Crippen molar-refractivity contribution in [2.24, 2.45) is 5.92 Å². The van der Waals surface area contributed by atoms with Crippen molar-refractivity contribution in [2.75, 3.05) is 0 Å². The standard InChI is InChI=1S/C23H19OP/c24-25(19-11-5-2-6-12-19)21-14-8-7-13-20(21)22(23(25)18-15-16-18)17-9-3-1-4-10-17/h1-14,18H,15-16H2. The zero-order valence-corrected chi connectivity index (χ0v) is 14.8. The summed E-state index contributed by atoms with van der Waals surface area (Å²) >= 11 is 0. The molecule has 1 aliphatic heterocycles. The first-order valence-electron chi connectivity index (χ1n) is 8.86. The van der Waals surface area contributed by atoms with E-state index in [2.05, 4.69) is 42.5 Å². The summed E-state index contributed by atoms with van der Waals surface area (Å²) in [4.78, 5) is 0. The Bertz CT molecular complexity index is 1010. The summed E-state index contributed by atoms with van der Waals surface area (Å²) in [6.07, 6.45) is 2.30. The third kappa shape index (κ3) is 2.19. The van der Waals surface area contributed by atoms with Gasteiger partial charge in [-0.25, -0.2) is 0 Å². The molecular formula is C23H19OP. The number of allylic oxidation sites excluding steroid dienone is 1. The van der Waals surface area contributed by atoms with Gasteiger partial charge < -0.3 is 4.57 Å². The van der Waals surface area contributed by atoms with E-state index in [4.69, 9.17) is 0 Å². The molecule has 0 N–H and O–H groups in total. The molecule has 1 aliphatic carbocycles. The predicted octanol–water partition coefficient (Wildman–Crippen LogP) is 5.18. The highest BCUT2D eigenvalue weighted by atomic mass is 31.2. The molecule has 3 aromatic rings. The van der Waals surface area contributed by atoms with Gasteiger partial charge in [0.1, 0.15) is 0 Å². The summed E-state index contributed by atoms with van der Waals surface area (Å²) in [6, 6.07) is 28.8. The number of hydrogen-bond donors (Lipinski definition) is 0. The Morgan fingerprint density at radius 2 is 1.32 bits per heavy atom. The zero-order chi connectivity index (χ0) is 16.9. The minimum Gasteiger partial charge on any atom is -0.309 e. The van der Waals surface area contributed by atoms with Crippen LogP contribution in [0.5, 0.6) is 0 Å². The fourth-order valence-corrected chi connectivity index (χ4v) is 7.59. The van der Waals surface area contributed by atoms with E-state index < -0.39 is 7.14 Å². The van der Waals surface area contributed by atoms with Crippen LogP contribution in [-0.2, 0) is 4.57 Å². The van der Waals surface area contributed by atoms with Crippen LogP contribution in [0.2, 0.25) is 0 Å². The molecule has 0 amide bonds. The molecule has 3 aromatic carbocycles. The summed E-state index contributed by atoms with van der Waals surface area (Å²) in [6.45, 7) is 0. The second-order valence-corrected chi connectivity index (χ2v) is 9.56. The van der Waals surface area contributed by atoms with Crippen LogP contribution in [0.25, 0.3) is 5.57 Å². The van der Waals surface area contributed by atoms with E-state index in [9.17, 15) is 4.57 Å². The lowest BCUT2D eigenvalue weighted by Crippen LogP contribution is -2.16. The predicted molar refractivity (Wildman–Crippen MR) is 105 cm³/mol. The first-order valence-corrected chi connectivity index (χ1v) is 10.6. The lowest BCUT2D eigenvalue weighted by Gasteiger charge is -2.19. The van der Waals surface area contributed by atoms with Gasteiger partial charge in [0.15, 0.2) is 7.14 Å². The normalized spacial score (nSPS) is 22.1. The molecule has 2 aliphatic rings. The number of fused-ring (bicyclic) bond motifs is 1.